The van der Waals surface area contributed by atoms with Crippen LogP contribution in [0.15, 0.2) is 66.7 Å². The molecule has 2 amide bonds. The number of carbonyl (C=O) groups excluding carboxylic acids is 1. The molecule has 1 aliphatic heterocycles. The number of urea groups is 1. The molecule has 0 radical (unpaired) electrons. The Balaban J connectivity index is 1.26. The Labute approximate surface area is 232 Å². The van der Waals surface area contributed by atoms with E-state index in [4.69, 9.17) is 16.3 Å². The van der Waals surface area contributed by atoms with Crippen molar-refractivity contribution in [2.75, 3.05) is 38.0 Å². The van der Waals surface area contributed by atoms with Crippen LogP contribution in [0.2, 0.25) is 5.02 Å². The summed E-state index contributed by atoms with van der Waals surface area (Å²) in [5.41, 5.74) is -1.41. The zero-order valence-electron chi connectivity index (χ0n) is 21.2. The molecule has 0 bridgehead atoms. The van der Waals surface area contributed by atoms with Crippen molar-refractivity contribution in [3.8, 4) is 5.75 Å². The van der Waals surface area contributed by atoms with E-state index >= 15 is 0 Å². The first-order chi connectivity index (χ1) is 18.9. The van der Waals surface area contributed by atoms with Gasteiger partial charge < -0.3 is 15.0 Å². The third-order valence-electron chi connectivity index (χ3n) is 6.45. The number of carbonyl (C=O) groups is 1. The highest BCUT2D eigenvalue weighted by atomic mass is 35.5. The highest BCUT2D eigenvalue weighted by Gasteiger charge is 2.37. The molecule has 0 saturated carbocycles. The van der Waals surface area contributed by atoms with Crippen LogP contribution in [0.25, 0.3) is 0 Å². The number of nitrogens with one attached hydrogen (secondary N) is 1. The Bertz CT molecular complexity index is 1260. The number of hydrogen-bond donors (Lipinski definition) is 1. The van der Waals surface area contributed by atoms with Crippen LogP contribution in [0.4, 0.5) is 36.8 Å². The number of rotatable bonds is 7. The highest BCUT2D eigenvalue weighted by molar-refractivity contribution is 6.30. The third-order valence-corrected chi connectivity index (χ3v) is 6.70. The van der Waals surface area contributed by atoms with E-state index in [0.717, 1.165) is 26.1 Å². The number of halogens is 7. The second-order valence-corrected chi connectivity index (χ2v) is 9.80. The molecule has 0 aromatic heterocycles. The number of piperazine rings is 1. The first-order valence-corrected chi connectivity index (χ1v) is 12.8. The lowest BCUT2D eigenvalue weighted by molar-refractivity contribution is -0.143. The molecule has 1 N–H and O–H groups in total. The van der Waals surface area contributed by atoms with Gasteiger partial charge in [-0.1, -0.05) is 23.7 Å². The van der Waals surface area contributed by atoms with Crippen molar-refractivity contribution in [2.45, 2.75) is 25.4 Å². The van der Waals surface area contributed by atoms with Crippen LogP contribution < -0.4 is 10.1 Å². The summed E-state index contributed by atoms with van der Waals surface area (Å²) in [6.07, 6.45) is -8.98. The molecule has 0 unspecified atom stereocenters. The van der Waals surface area contributed by atoms with Crippen LogP contribution in [0.1, 0.15) is 22.3 Å². The first-order valence-electron chi connectivity index (χ1n) is 12.4. The zero-order chi connectivity index (χ0) is 28.9. The molecule has 4 rings (SSSR count). The lowest BCUT2D eigenvalue weighted by atomic mass is 10.1. The minimum Gasteiger partial charge on any atom is -0.489 e. The molecule has 0 aliphatic carbocycles. The second-order valence-electron chi connectivity index (χ2n) is 9.36. The summed E-state index contributed by atoms with van der Waals surface area (Å²) < 4.78 is 83.8. The van der Waals surface area contributed by atoms with Gasteiger partial charge in [0.2, 0.25) is 0 Å². The van der Waals surface area contributed by atoms with Crippen LogP contribution in [-0.4, -0.2) is 48.6 Å². The summed E-state index contributed by atoms with van der Waals surface area (Å²) in [6.45, 7) is 2.96. The number of alkyl halides is 6. The summed E-state index contributed by atoms with van der Waals surface area (Å²) >= 11 is 5.92. The van der Waals surface area contributed by atoms with Crippen molar-refractivity contribution in [3.63, 3.8) is 0 Å². The van der Waals surface area contributed by atoms with E-state index in [0.29, 0.717) is 35.9 Å². The van der Waals surface area contributed by atoms with Gasteiger partial charge in [0.05, 0.1) is 11.1 Å². The third kappa shape index (κ3) is 8.28. The number of benzene rings is 3. The smallest absolute Gasteiger partial charge is 0.416 e. The van der Waals surface area contributed by atoms with E-state index in [9.17, 15) is 31.1 Å². The van der Waals surface area contributed by atoms with Crippen LogP contribution in [0.3, 0.4) is 0 Å². The maximum absolute atomic E-state index is 13.1. The lowest BCUT2D eigenvalue weighted by Crippen LogP contribution is -2.50. The van der Waals surface area contributed by atoms with Gasteiger partial charge in [-0.3, -0.25) is 4.90 Å². The molecule has 0 spiro atoms. The molecule has 0 atom stereocenters. The topological polar surface area (TPSA) is 44.8 Å². The van der Waals surface area contributed by atoms with Crippen molar-refractivity contribution in [2.24, 2.45) is 0 Å². The monoisotopic (exact) mass is 585 g/mol. The Kier molecular flexibility index (Phi) is 9.15. The van der Waals surface area contributed by atoms with Gasteiger partial charge in [-0.2, -0.15) is 26.3 Å². The second kappa shape index (κ2) is 12.4. The quantitative estimate of drug-likeness (QED) is 0.295. The summed E-state index contributed by atoms with van der Waals surface area (Å²) in [4.78, 5) is 16.7. The minimum absolute atomic E-state index is 0.0717. The van der Waals surface area contributed by atoms with E-state index < -0.39 is 30.1 Å². The Morgan fingerprint density at radius 2 is 1.38 bits per heavy atom. The molecular weight excluding hydrogens is 560 g/mol. The molecule has 5 nitrogen and oxygen atoms in total. The number of hydrogen-bond acceptors (Lipinski definition) is 3. The summed E-state index contributed by atoms with van der Waals surface area (Å²) in [5.74, 6) is 0.221. The molecule has 1 fully saturated rings. The molecule has 1 aliphatic rings. The molecule has 1 heterocycles. The average molecular weight is 586 g/mol. The average Bonchev–Trinajstić information content (AvgIpc) is 2.91. The van der Waals surface area contributed by atoms with Crippen molar-refractivity contribution < 1.29 is 35.9 Å². The van der Waals surface area contributed by atoms with E-state index in [1.54, 1.807) is 17.0 Å². The van der Waals surface area contributed by atoms with Gasteiger partial charge in [0.1, 0.15) is 12.4 Å². The maximum Gasteiger partial charge on any atom is 0.416 e. The van der Waals surface area contributed by atoms with Crippen molar-refractivity contribution in [1.82, 2.24) is 9.80 Å². The van der Waals surface area contributed by atoms with Crippen LogP contribution in [-0.2, 0) is 25.4 Å². The molecule has 12 heteroatoms. The lowest BCUT2D eigenvalue weighted by Gasteiger charge is -2.34. The first kappa shape index (κ1) is 29.5. The summed E-state index contributed by atoms with van der Waals surface area (Å²) in [7, 11) is 0. The highest BCUT2D eigenvalue weighted by Crippen LogP contribution is 2.36. The zero-order valence-corrected chi connectivity index (χ0v) is 21.9. The van der Waals surface area contributed by atoms with Gasteiger partial charge in [0, 0.05) is 43.4 Å². The molecular formula is C28H26ClF6N3O2. The van der Waals surface area contributed by atoms with E-state index in [-0.39, 0.29) is 23.4 Å². The van der Waals surface area contributed by atoms with Crippen molar-refractivity contribution in [3.05, 3.63) is 94.0 Å². The number of ether oxygens (including phenoxy) is 1. The van der Waals surface area contributed by atoms with Gasteiger partial charge in [-0.15, -0.1) is 0 Å². The maximum atomic E-state index is 13.1. The normalized spacial score (nSPS) is 14.7. The fourth-order valence-electron chi connectivity index (χ4n) is 4.22. The van der Waals surface area contributed by atoms with E-state index in [1.807, 2.05) is 24.3 Å². The fourth-order valence-corrected chi connectivity index (χ4v) is 4.35. The molecule has 40 heavy (non-hydrogen) atoms. The molecule has 3 aromatic carbocycles. The van der Waals surface area contributed by atoms with Crippen LogP contribution in [0.5, 0.6) is 5.75 Å². The Hall–Kier alpha value is -3.44. The number of nitrogens with zero attached hydrogens (tertiary/aromatic N) is 2. The van der Waals surface area contributed by atoms with E-state index in [1.165, 1.54) is 17.7 Å². The largest absolute Gasteiger partial charge is 0.489 e. The van der Waals surface area contributed by atoms with Crippen molar-refractivity contribution >= 4 is 23.3 Å². The van der Waals surface area contributed by atoms with Gasteiger partial charge >= 0.3 is 18.4 Å². The summed E-state index contributed by atoms with van der Waals surface area (Å²) in [6, 6.07) is 14.8. The standard InChI is InChI=1S/C28H26ClF6N3O2/c29-23-3-1-19(2-4-23)9-10-37-11-13-38(14-12-37)26(39)36-24-5-7-25(8-6-24)40-18-20-15-21(27(30,31)32)17-22(16-20)28(33,34)35/h1-8,15-17H,9-14,18H2,(H,36,39). The predicted octanol–water partition coefficient (Wildman–Crippen LogP) is 7.35. The number of amides is 2. The van der Waals surface area contributed by atoms with Gasteiger partial charge in [-0.05, 0) is 72.1 Å². The van der Waals surface area contributed by atoms with Crippen LogP contribution in [0, 0.1) is 0 Å². The van der Waals surface area contributed by atoms with Gasteiger partial charge in [0.25, 0.3) is 0 Å². The van der Waals surface area contributed by atoms with E-state index in [2.05, 4.69) is 10.2 Å². The molecule has 3 aromatic rings. The fraction of sp³-hybridized carbons (Fsp3) is 0.321. The van der Waals surface area contributed by atoms with Gasteiger partial charge in [0.15, 0.2) is 0 Å². The van der Waals surface area contributed by atoms with Crippen molar-refractivity contribution in [1.29, 1.82) is 0 Å². The Morgan fingerprint density at radius 3 is 1.93 bits per heavy atom. The van der Waals surface area contributed by atoms with Crippen LogP contribution >= 0.6 is 11.6 Å². The SMILES string of the molecule is O=C(Nc1ccc(OCc2cc(C(F)(F)F)cc(C(F)(F)F)c2)cc1)N1CCN(CCc2ccc(Cl)cc2)CC1. The Morgan fingerprint density at radius 1 is 0.800 bits per heavy atom. The predicted molar refractivity (Wildman–Crippen MR) is 139 cm³/mol. The molecule has 1 saturated heterocycles. The minimum atomic E-state index is -4.93. The number of anilines is 1. The summed E-state index contributed by atoms with van der Waals surface area (Å²) in [5, 5.41) is 3.49. The van der Waals surface area contributed by atoms with Gasteiger partial charge in [-0.25, -0.2) is 4.79 Å². The molecule has 214 valence electrons.